The summed E-state index contributed by atoms with van der Waals surface area (Å²) < 4.78 is 98.4. The quantitative estimate of drug-likeness (QED) is 0.104. The molecule has 16 heteroatoms. The van der Waals surface area contributed by atoms with Gasteiger partial charge >= 0.3 is 12.4 Å². The molecule has 1 heterocycles. The summed E-state index contributed by atoms with van der Waals surface area (Å²) in [4.78, 5) is 29.8. The molecule has 2 amide bonds. The molecule has 0 bridgehead atoms. The normalized spacial score (nSPS) is 12.9. The van der Waals surface area contributed by atoms with E-state index in [1.807, 2.05) is 12.1 Å². The third kappa shape index (κ3) is 12.2. The Balaban J connectivity index is 0.000000215. The second-order valence-corrected chi connectivity index (χ2v) is 14.7. The lowest BCUT2D eigenvalue weighted by atomic mass is 10.0. The lowest BCUT2D eigenvalue weighted by Crippen LogP contribution is -2.40. The third-order valence-corrected chi connectivity index (χ3v) is 10.5. The Morgan fingerprint density at radius 2 is 0.969 bits per heavy atom. The zero-order valence-electron chi connectivity index (χ0n) is 35.3. The van der Waals surface area contributed by atoms with Gasteiger partial charge in [0.1, 0.15) is 12.1 Å². The number of halogens is 6. The van der Waals surface area contributed by atoms with Crippen LogP contribution in [0.25, 0.3) is 0 Å². The second kappa shape index (κ2) is 21.1. The number of carbonyl (C=O) groups excluding carboxylic acids is 2. The van der Waals surface area contributed by atoms with Gasteiger partial charge in [0, 0.05) is 36.6 Å². The Morgan fingerprint density at radius 3 is 1.40 bits per heavy atom. The lowest BCUT2D eigenvalue weighted by Gasteiger charge is -2.27. The van der Waals surface area contributed by atoms with Crippen molar-refractivity contribution < 1.29 is 54.9 Å². The van der Waals surface area contributed by atoms with Gasteiger partial charge in [-0.05, 0) is 83.6 Å². The number of hydrogen-bond acceptors (Lipinski definition) is 8. The van der Waals surface area contributed by atoms with E-state index in [9.17, 15) is 35.9 Å². The molecular formula is C49H46F6N4O6. The number of alkyl halides is 6. The highest BCUT2D eigenvalue weighted by atomic mass is 19.4. The van der Waals surface area contributed by atoms with Crippen molar-refractivity contribution in [3.05, 3.63) is 179 Å². The molecule has 2 unspecified atom stereocenters. The van der Waals surface area contributed by atoms with Gasteiger partial charge in [-0.25, -0.2) is 0 Å². The molecule has 7 rings (SSSR count). The summed E-state index contributed by atoms with van der Waals surface area (Å²) in [5.41, 5.74) is 14.9. The molecule has 0 spiro atoms. The van der Waals surface area contributed by atoms with Gasteiger partial charge in [-0.3, -0.25) is 9.59 Å². The number of anilines is 2. The van der Waals surface area contributed by atoms with Crippen LogP contribution in [0.2, 0.25) is 0 Å². The SMILES string of the molecule is COc1ccc(N(CCc2ccc(C(F)(F)F)cc2)C(=O)C(N)c2ccccc2)cc1OC.NC(C(=O)N(CCc1ccc(C(F)(F)F)cc1)c1ccc2c(c1)OCO2)c1ccccc1. The van der Waals surface area contributed by atoms with Crippen molar-refractivity contribution in [3.8, 4) is 23.0 Å². The van der Waals surface area contributed by atoms with E-state index >= 15 is 0 Å². The van der Waals surface area contributed by atoms with Gasteiger partial charge in [0.05, 0.1) is 25.3 Å². The molecule has 0 aliphatic carbocycles. The summed E-state index contributed by atoms with van der Waals surface area (Å²) in [5, 5.41) is 0. The Labute approximate surface area is 371 Å². The van der Waals surface area contributed by atoms with Crippen molar-refractivity contribution in [2.24, 2.45) is 11.5 Å². The first-order chi connectivity index (χ1) is 31.1. The molecule has 10 nitrogen and oxygen atoms in total. The van der Waals surface area contributed by atoms with Gasteiger partial charge in [0.25, 0.3) is 0 Å². The molecule has 340 valence electrons. The summed E-state index contributed by atoms with van der Waals surface area (Å²) in [6.45, 7) is 0.534. The minimum Gasteiger partial charge on any atom is -0.493 e. The number of nitrogens with two attached hydrogens (primary N) is 2. The van der Waals surface area contributed by atoms with Crippen LogP contribution in [0.4, 0.5) is 37.7 Å². The highest BCUT2D eigenvalue weighted by Gasteiger charge is 2.32. The predicted molar refractivity (Wildman–Crippen MR) is 234 cm³/mol. The van der Waals surface area contributed by atoms with Crippen molar-refractivity contribution in [1.82, 2.24) is 0 Å². The third-order valence-electron chi connectivity index (χ3n) is 10.5. The molecule has 0 radical (unpaired) electrons. The maximum absolute atomic E-state index is 13.4. The van der Waals surface area contributed by atoms with Crippen LogP contribution in [-0.4, -0.2) is 45.9 Å². The topological polar surface area (TPSA) is 130 Å². The van der Waals surface area contributed by atoms with E-state index in [0.29, 0.717) is 69.5 Å². The second-order valence-electron chi connectivity index (χ2n) is 14.7. The molecule has 0 fully saturated rings. The number of amides is 2. The fourth-order valence-corrected chi connectivity index (χ4v) is 6.92. The summed E-state index contributed by atoms with van der Waals surface area (Å²) in [7, 11) is 3.00. The lowest BCUT2D eigenvalue weighted by molar-refractivity contribution is -0.138. The number of nitrogens with zero attached hydrogens (tertiary/aromatic N) is 2. The highest BCUT2D eigenvalue weighted by molar-refractivity contribution is 5.98. The van der Waals surface area contributed by atoms with Crippen LogP contribution in [0.5, 0.6) is 23.0 Å². The molecule has 0 aromatic heterocycles. The minimum atomic E-state index is -4.40. The fourth-order valence-electron chi connectivity index (χ4n) is 6.92. The Hall–Kier alpha value is -7.04. The van der Waals surface area contributed by atoms with Crippen molar-refractivity contribution >= 4 is 23.2 Å². The van der Waals surface area contributed by atoms with E-state index < -0.39 is 35.6 Å². The molecule has 65 heavy (non-hydrogen) atoms. The van der Waals surface area contributed by atoms with Crippen LogP contribution in [0.3, 0.4) is 0 Å². The molecule has 6 aromatic rings. The number of fused-ring (bicyclic) bond motifs is 1. The molecule has 4 N–H and O–H groups in total. The Morgan fingerprint density at radius 1 is 0.554 bits per heavy atom. The van der Waals surface area contributed by atoms with Gasteiger partial charge < -0.3 is 40.2 Å². The smallest absolute Gasteiger partial charge is 0.416 e. The van der Waals surface area contributed by atoms with Gasteiger partial charge in [-0.2, -0.15) is 26.3 Å². The van der Waals surface area contributed by atoms with Gasteiger partial charge in [-0.1, -0.05) is 84.9 Å². The summed E-state index contributed by atoms with van der Waals surface area (Å²) in [6.07, 6.45) is -8.11. The van der Waals surface area contributed by atoms with Crippen LogP contribution in [0.15, 0.2) is 146 Å². The molecule has 0 saturated heterocycles. The number of benzene rings is 6. The maximum atomic E-state index is 13.4. The average Bonchev–Trinajstić information content (AvgIpc) is 3.80. The Bertz CT molecular complexity index is 2510. The molecular weight excluding hydrogens is 855 g/mol. The van der Waals surface area contributed by atoms with Crippen molar-refractivity contribution in [2.75, 3.05) is 43.9 Å². The van der Waals surface area contributed by atoms with E-state index in [1.165, 1.54) is 48.3 Å². The van der Waals surface area contributed by atoms with Crippen LogP contribution >= 0.6 is 0 Å². The van der Waals surface area contributed by atoms with E-state index in [2.05, 4.69) is 0 Å². The average molecular weight is 901 g/mol. The monoisotopic (exact) mass is 900 g/mol. The molecule has 1 aliphatic rings. The molecule has 1 aliphatic heterocycles. The summed E-state index contributed by atoms with van der Waals surface area (Å²) >= 11 is 0. The van der Waals surface area contributed by atoms with Gasteiger partial charge in [0.2, 0.25) is 18.6 Å². The standard InChI is InChI=1S/C25H25F3N2O3.C24H21F3N2O3/c1-32-21-13-12-20(16-22(21)33-2)30(24(31)23(29)18-6-4-3-5-7-18)15-14-17-8-10-19(11-9-17)25(26,27)28;25-24(26,27)18-8-6-16(7-9-18)12-13-29(19-10-11-20-21(14-19)32-15-31-20)23(30)22(28)17-4-2-1-3-5-17/h3-13,16,23H,14-15,29H2,1-2H3;1-11,14,22H,12-13,15,28H2. The predicted octanol–water partition coefficient (Wildman–Crippen LogP) is 9.71. The fraction of sp³-hybridized carbons (Fsp3) is 0.224. The number of rotatable bonds is 14. The molecule has 2 atom stereocenters. The highest BCUT2D eigenvalue weighted by Crippen LogP contribution is 2.37. The van der Waals surface area contributed by atoms with E-state index in [1.54, 1.807) is 84.9 Å². The molecule has 0 saturated carbocycles. The van der Waals surface area contributed by atoms with Crippen LogP contribution < -0.4 is 40.2 Å². The largest absolute Gasteiger partial charge is 0.493 e. The van der Waals surface area contributed by atoms with E-state index in [4.69, 9.17) is 30.4 Å². The zero-order valence-corrected chi connectivity index (χ0v) is 35.3. The van der Waals surface area contributed by atoms with Gasteiger partial charge in [0.15, 0.2) is 23.0 Å². The summed E-state index contributed by atoms with van der Waals surface area (Å²) in [6, 6.07) is 36.2. The number of carbonyl (C=O) groups is 2. The number of methoxy groups -OCH3 is 2. The first-order valence-corrected chi connectivity index (χ1v) is 20.2. The van der Waals surface area contributed by atoms with Crippen LogP contribution in [0.1, 0.15) is 45.5 Å². The van der Waals surface area contributed by atoms with E-state index in [-0.39, 0.29) is 31.7 Å². The van der Waals surface area contributed by atoms with Crippen LogP contribution in [-0.2, 0) is 34.8 Å². The zero-order chi connectivity index (χ0) is 46.7. The van der Waals surface area contributed by atoms with Crippen molar-refractivity contribution in [3.63, 3.8) is 0 Å². The first-order valence-electron chi connectivity index (χ1n) is 20.2. The van der Waals surface area contributed by atoms with Crippen molar-refractivity contribution in [2.45, 2.75) is 37.3 Å². The Kier molecular flexibility index (Phi) is 15.4. The van der Waals surface area contributed by atoms with E-state index in [0.717, 1.165) is 24.3 Å². The number of hydrogen-bond donors (Lipinski definition) is 2. The van der Waals surface area contributed by atoms with Crippen molar-refractivity contribution in [1.29, 1.82) is 0 Å². The maximum Gasteiger partial charge on any atom is 0.416 e. The van der Waals surface area contributed by atoms with Crippen LogP contribution in [0, 0.1) is 0 Å². The number of ether oxygens (including phenoxy) is 4. The first kappa shape index (κ1) is 47.4. The van der Waals surface area contributed by atoms with Gasteiger partial charge in [-0.15, -0.1) is 0 Å². The summed E-state index contributed by atoms with van der Waals surface area (Å²) in [5.74, 6) is 1.36. The molecule has 6 aromatic carbocycles. The minimum absolute atomic E-state index is 0.0990.